The fraction of sp³-hybridized carbons (Fsp3) is 0.412. The van der Waals surface area contributed by atoms with Gasteiger partial charge in [0.2, 0.25) is 5.91 Å². The Hall–Kier alpha value is -2.77. The fourth-order valence-corrected chi connectivity index (χ4v) is 3.01. The molecule has 8 heteroatoms. The Morgan fingerprint density at radius 3 is 2.56 bits per heavy atom. The average Bonchev–Trinajstić information content (AvgIpc) is 3.28. The predicted molar refractivity (Wildman–Crippen MR) is 89.6 cm³/mol. The molecule has 1 unspecified atom stereocenters. The zero-order chi connectivity index (χ0) is 17.8. The summed E-state index contributed by atoms with van der Waals surface area (Å²) in [6.45, 7) is 3.24. The molecular weight excluding hydrogens is 325 g/mol. The summed E-state index contributed by atoms with van der Waals surface area (Å²) in [7, 11) is 0. The maximum atomic E-state index is 13.1. The van der Waals surface area contributed by atoms with Gasteiger partial charge in [-0.3, -0.25) is 9.59 Å². The van der Waals surface area contributed by atoms with E-state index in [0.717, 1.165) is 12.8 Å². The number of halogens is 1. The molecular formula is C17H20FN5O2. The Labute approximate surface area is 144 Å². The van der Waals surface area contributed by atoms with Crippen LogP contribution in [0.4, 0.5) is 10.2 Å². The molecule has 1 aromatic heterocycles. The molecule has 1 fully saturated rings. The van der Waals surface area contributed by atoms with Crippen molar-refractivity contribution < 1.29 is 14.0 Å². The van der Waals surface area contributed by atoms with Gasteiger partial charge in [0.25, 0.3) is 5.91 Å². The molecule has 2 N–H and O–H groups in total. The second kappa shape index (κ2) is 7.42. The van der Waals surface area contributed by atoms with E-state index in [4.69, 9.17) is 0 Å². The highest BCUT2D eigenvalue weighted by molar-refractivity contribution is 6.02. The van der Waals surface area contributed by atoms with Crippen LogP contribution in [0.2, 0.25) is 0 Å². The minimum absolute atomic E-state index is 0.115. The molecule has 1 aliphatic heterocycles. The van der Waals surface area contributed by atoms with E-state index in [1.165, 1.54) is 12.1 Å². The zero-order valence-electron chi connectivity index (χ0n) is 14.0. The molecule has 0 radical (unpaired) electrons. The molecule has 2 heterocycles. The van der Waals surface area contributed by atoms with Crippen LogP contribution in [0.5, 0.6) is 0 Å². The van der Waals surface area contributed by atoms with Gasteiger partial charge in [0.05, 0.1) is 5.92 Å². The van der Waals surface area contributed by atoms with Crippen LogP contribution in [0.3, 0.4) is 0 Å². The number of rotatable bonds is 5. The van der Waals surface area contributed by atoms with Crippen molar-refractivity contribution >= 4 is 17.6 Å². The molecule has 0 spiro atoms. The summed E-state index contributed by atoms with van der Waals surface area (Å²) in [5, 5.41) is 12.9. The second-order valence-corrected chi connectivity index (χ2v) is 6.02. The highest BCUT2D eigenvalue weighted by Gasteiger charge is 2.27. The number of amides is 2. The summed E-state index contributed by atoms with van der Waals surface area (Å²) in [4.78, 5) is 26.8. The highest BCUT2D eigenvalue weighted by atomic mass is 19.1. The van der Waals surface area contributed by atoms with Crippen molar-refractivity contribution in [3.05, 3.63) is 41.3 Å². The highest BCUT2D eigenvalue weighted by Crippen LogP contribution is 2.23. The van der Waals surface area contributed by atoms with E-state index < -0.39 is 5.92 Å². The van der Waals surface area contributed by atoms with E-state index in [1.54, 1.807) is 17.0 Å². The zero-order valence-corrected chi connectivity index (χ0v) is 14.0. The number of hydrogen-bond acceptors (Lipinski definition) is 4. The van der Waals surface area contributed by atoms with Crippen molar-refractivity contribution in [3.8, 4) is 0 Å². The van der Waals surface area contributed by atoms with E-state index in [0.29, 0.717) is 25.1 Å². The molecule has 3 rings (SSSR count). The number of carbonyl (C=O) groups excluding carboxylic acids is 2. The number of carbonyl (C=O) groups is 2. The van der Waals surface area contributed by atoms with Crippen molar-refractivity contribution in [2.75, 3.05) is 18.4 Å². The maximum absolute atomic E-state index is 13.1. The number of benzene rings is 1. The SMILES string of the molecule is CCC(C(=O)Nc1n[nH]nc1C(=O)N1CCCC1)c1ccc(F)cc1. The largest absolute Gasteiger partial charge is 0.337 e. The van der Waals surface area contributed by atoms with E-state index >= 15 is 0 Å². The summed E-state index contributed by atoms with van der Waals surface area (Å²) in [5.41, 5.74) is 0.821. The van der Waals surface area contributed by atoms with Crippen LogP contribution in [-0.4, -0.2) is 45.2 Å². The summed E-state index contributed by atoms with van der Waals surface area (Å²) in [5.74, 6) is -1.24. The van der Waals surface area contributed by atoms with E-state index in [2.05, 4.69) is 20.7 Å². The summed E-state index contributed by atoms with van der Waals surface area (Å²) in [6, 6.07) is 5.82. The van der Waals surface area contributed by atoms with E-state index in [9.17, 15) is 14.0 Å². The average molecular weight is 345 g/mol. The normalized spacial score (nSPS) is 15.2. The number of hydrogen-bond donors (Lipinski definition) is 2. The molecule has 25 heavy (non-hydrogen) atoms. The van der Waals surface area contributed by atoms with Gasteiger partial charge in [0.15, 0.2) is 11.5 Å². The summed E-state index contributed by atoms with van der Waals surface area (Å²) < 4.78 is 13.1. The number of nitrogens with zero attached hydrogens (tertiary/aromatic N) is 3. The van der Waals surface area contributed by atoms with Gasteiger partial charge >= 0.3 is 0 Å². The summed E-state index contributed by atoms with van der Waals surface area (Å²) in [6.07, 6.45) is 2.46. The number of aromatic nitrogens is 3. The smallest absolute Gasteiger partial charge is 0.278 e. The third-order valence-corrected chi connectivity index (χ3v) is 4.38. The fourth-order valence-electron chi connectivity index (χ4n) is 3.01. The van der Waals surface area contributed by atoms with Gasteiger partial charge in [-0.15, -0.1) is 10.2 Å². The quantitative estimate of drug-likeness (QED) is 0.870. The number of H-pyrrole nitrogens is 1. The van der Waals surface area contributed by atoms with Crippen molar-refractivity contribution in [1.82, 2.24) is 20.3 Å². The molecule has 1 atom stereocenters. The van der Waals surface area contributed by atoms with Crippen molar-refractivity contribution in [2.24, 2.45) is 0 Å². The molecule has 0 bridgehead atoms. The third kappa shape index (κ3) is 3.67. The molecule has 2 aromatic rings. The Balaban J connectivity index is 1.75. The number of nitrogens with one attached hydrogen (secondary N) is 2. The lowest BCUT2D eigenvalue weighted by Crippen LogP contribution is -2.29. The lowest BCUT2D eigenvalue weighted by Gasteiger charge is -2.16. The van der Waals surface area contributed by atoms with Crippen LogP contribution < -0.4 is 5.32 Å². The minimum Gasteiger partial charge on any atom is -0.337 e. The second-order valence-electron chi connectivity index (χ2n) is 6.02. The molecule has 0 aliphatic carbocycles. The van der Waals surface area contributed by atoms with Gasteiger partial charge in [-0.1, -0.05) is 19.1 Å². The Morgan fingerprint density at radius 1 is 1.24 bits per heavy atom. The molecule has 0 saturated carbocycles. The van der Waals surface area contributed by atoms with Crippen LogP contribution in [0.15, 0.2) is 24.3 Å². The van der Waals surface area contributed by atoms with Gasteiger partial charge in [-0.05, 0) is 37.0 Å². The topological polar surface area (TPSA) is 91.0 Å². The Bertz CT molecular complexity index is 753. The first-order valence-corrected chi connectivity index (χ1v) is 8.36. The van der Waals surface area contributed by atoms with Crippen molar-refractivity contribution in [2.45, 2.75) is 32.1 Å². The summed E-state index contributed by atoms with van der Waals surface area (Å²) >= 11 is 0. The first kappa shape index (κ1) is 17.1. The Kier molecular flexibility index (Phi) is 5.06. The Morgan fingerprint density at radius 2 is 1.92 bits per heavy atom. The molecule has 7 nitrogen and oxygen atoms in total. The standard InChI is InChI=1S/C17H20FN5O2/c1-2-13(11-5-7-12(18)8-6-11)16(24)19-15-14(20-22-21-15)17(25)23-9-3-4-10-23/h5-8,13H,2-4,9-10H2,1H3,(H2,19,20,21,22,24). The van der Waals surface area contributed by atoms with Crippen LogP contribution in [0.1, 0.15) is 48.2 Å². The van der Waals surface area contributed by atoms with E-state index in [-0.39, 0.29) is 29.1 Å². The first-order chi connectivity index (χ1) is 12.1. The first-order valence-electron chi connectivity index (χ1n) is 8.36. The van der Waals surface area contributed by atoms with Gasteiger partial charge in [0, 0.05) is 13.1 Å². The number of aromatic amines is 1. The number of anilines is 1. The van der Waals surface area contributed by atoms with Crippen LogP contribution in [0.25, 0.3) is 0 Å². The molecule has 1 aliphatic rings. The van der Waals surface area contributed by atoms with Gasteiger partial charge in [-0.2, -0.15) is 5.21 Å². The monoisotopic (exact) mass is 345 g/mol. The maximum Gasteiger partial charge on any atom is 0.278 e. The molecule has 1 aromatic carbocycles. The minimum atomic E-state index is -0.466. The molecule has 2 amide bonds. The molecule has 1 saturated heterocycles. The van der Waals surface area contributed by atoms with E-state index in [1.807, 2.05) is 6.92 Å². The van der Waals surface area contributed by atoms with Gasteiger partial charge in [-0.25, -0.2) is 4.39 Å². The van der Waals surface area contributed by atoms with Crippen LogP contribution >= 0.6 is 0 Å². The van der Waals surface area contributed by atoms with Crippen molar-refractivity contribution in [1.29, 1.82) is 0 Å². The lowest BCUT2D eigenvalue weighted by atomic mass is 9.95. The van der Waals surface area contributed by atoms with Crippen LogP contribution in [-0.2, 0) is 4.79 Å². The predicted octanol–water partition coefficient (Wildman–Crippen LogP) is 2.31. The van der Waals surface area contributed by atoms with Gasteiger partial charge in [0.1, 0.15) is 5.82 Å². The lowest BCUT2D eigenvalue weighted by molar-refractivity contribution is -0.117. The number of likely N-dealkylation sites (tertiary alicyclic amines) is 1. The van der Waals surface area contributed by atoms with Crippen molar-refractivity contribution in [3.63, 3.8) is 0 Å². The molecule has 132 valence electrons. The third-order valence-electron chi connectivity index (χ3n) is 4.38. The van der Waals surface area contributed by atoms with Gasteiger partial charge < -0.3 is 10.2 Å². The van der Waals surface area contributed by atoms with Crippen LogP contribution in [0, 0.1) is 5.82 Å².